The summed E-state index contributed by atoms with van der Waals surface area (Å²) in [6.45, 7) is 0.459. The quantitative estimate of drug-likeness (QED) is 0.684. The van der Waals surface area contributed by atoms with Crippen LogP contribution in [0.25, 0.3) is 11.1 Å². The molecule has 1 nitrogen and oxygen atoms in total. The molecule has 1 heterocycles. The Labute approximate surface area is 119 Å². The molecule has 21 heavy (non-hydrogen) atoms. The lowest BCUT2D eigenvalue weighted by molar-refractivity contribution is -0.137. The number of hydrogen-bond acceptors (Lipinski definition) is 1. The normalized spacial score (nSPS) is 14.5. The topological polar surface area (TPSA) is 9.23 Å². The van der Waals surface area contributed by atoms with E-state index in [0.717, 1.165) is 36.6 Å². The minimum atomic E-state index is -4.54. The van der Waals surface area contributed by atoms with Gasteiger partial charge in [-0.2, -0.15) is 13.2 Å². The molecule has 0 radical (unpaired) electrons. The minimum absolute atomic E-state index is 0.179. The molecule has 0 spiro atoms. The van der Waals surface area contributed by atoms with Crippen molar-refractivity contribution in [3.05, 3.63) is 53.3 Å². The molecule has 1 aliphatic heterocycles. The van der Waals surface area contributed by atoms with Gasteiger partial charge in [0.05, 0.1) is 12.2 Å². The molecule has 0 aromatic heterocycles. The highest BCUT2D eigenvalue weighted by Gasteiger charge is 2.34. The number of ether oxygens (including phenoxy) is 1. The summed E-state index contributed by atoms with van der Waals surface area (Å²) >= 11 is 0. The molecule has 0 atom stereocenters. The Morgan fingerprint density at radius 1 is 1.00 bits per heavy atom. The molecule has 0 aliphatic carbocycles. The second-order valence-corrected chi connectivity index (χ2v) is 4.93. The number of halogens is 4. The summed E-state index contributed by atoms with van der Waals surface area (Å²) in [7, 11) is 0. The average molecular weight is 296 g/mol. The van der Waals surface area contributed by atoms with E-state index >= 15 is 0 Å². The molecule has 2 aromatic carbocycles. The Balaban J connectivity index is 2.23. The van der Waals surface area contributed by atoms with Crippen molar-refractivity contribution in [2.75, 3.05) is 6.61 Å². The van der Waals surface area contributed by atoms with Crippen LogP contribution in [0, 0.1) is 5.82 Å². The summed E-state index contributed by atoms with van der Waals surface area (Å²) < 4.78 is 58.4. The third kappa shape index (κ3) is 2.60. The highest BCUT2D eigenvalue weighted by Crippen LogP contribution is 2.42. The predicted molar refractivity (Wildman–Crippen MR) is 70.7 cm³/mol. The first kappa shape index (κ1) is 13.9. The van der Waals surface area contributed by atoms with Gasteiger partial charge in [0.1, 0.15) is 11.6 Å². The van der Waals surface area contributed by atoms with E-state index in [1.165, 1.54) is 6.07 Å². The van der Waals surface area contributed by atoms with E-state index < -0.39 is 17.6 Å². The zero-order chi connectivity index (χ0) is 15.0. The minimum Gasteiger partial charge on any atom is -0.493 e. The van der Waals surface area contributed by atoms with Gasteiger partial charge in [-0.3, -0.25) is 0 Å². The maximum atomic E-state index is 13.4. The fourth-order valence-corrected chi connectivity index (χ4v) is 2.59. The van der Waals surface area contributed by atoms with Crippen molar-refractivity contribution in [2.45, 2.75) is 19.0 Å². The van der Waals surface area contributed by atoms with E-state index in [1.807, 2.05) is 6.07 Å². The van der Waals surface area contributed by atoms with E-state index in [4.69, 9.17) is 4.74 Å². The number of aryl methyl sites for hydroxylation is 1. The molecule has 2 aromatic rings. The Morgan fingerprint density at radius 2 is 1.81 bits per heavy atom. The highest BCUT2D eigenvalue weighted by atomic mass is 19.4. The van der Waals surface area contributed by atoms with Gasteiger partial charge in [-0.15, -0.1) is 0 Å². The van der Waals surface area contributed by atoms with Crippen LogP contribution in [-0.4, -0.2) is 6.61 Å². The number of para-hydroxylation sites is 1. The lowest BCUT2D eigenvalue weighted by Crippen LogP contribution is -2.11. The van der Waals surface area contributed by atoms with Crippen LogP contribution in [0.2, 0.25) is 0 Å². The summed E-state index contributed by atoms with van der Waals surface area (Å²) in [4.78, 5) is 0. The van der Waals surface area contributed by atoms with Gasteiger partial charge in [0, 0.05) is 11.1 Å². The van der Waals surface area contributed by atoms with Crippen molar-refractivity contribution in [1.29, 1.82) is 0 Å². The van der Waals surface area contributed by atoms with Crippen LogP contribution in [0.15, 0.2) is 36.4 Å². The van der Waals surface area contributed by atoms with Crippen molar-refractivity contribution < 1.29 is 22.3 Å². The van der Waals surface area contributed by atoms with Gasteiger partial charge >= 0.3 is 6.18 Å². The maximum absolute atomic E-state index is 13.4. The average Bonchev–Trinajstić information content (AvgIpc) is 2.45. The second-order valence-electron chi connectivity index (χ2n) is 4.93. The van der Waals surface area contributed by atoms with Gasteiger partial charge in [0.2, 0.25) is 0 Å². The molecule has 0 unspecified atom stereocenters. The molecular weight excluding hydrogens is 284 g/mol. The van der Waals surface area contributed by atoms with Crippen LogP contribution in [0.1, 0.15) is 17.5 Å². The van der Waals surface area contributed by atoms with Crippen molar-refractivity contribution >= 4 is 0 Å². The van der Waals surface area contributed by atoms with Crippen molar-refractivity contribution in [2.24, 2.45) is 0 Å². The van der Waals surface area contributed by atoms with Crippen LogP contribution >= 0.6 is 0 Å². The maximum Gasteiger partial charge on any atom is 0.417 e. The highest BCUT2D eigenvalue weighted by molar-refractivity contribution is 5.75. The van der Waals surface area contributed by atoms with Gasteiger partial charge in [0.15, 0.2) is 0 Å². The van der Waals surface area contributed by atoms with E-state index in [-0.39, 0.29) is 5.56 Å². The lowest BCUT2D eigenvalue weighted by atomic mass is 9.94. The largest absolute Gasteiger partial charge is 0.493 e. The fourth-order valence-electron chi connectivity index (χ4n) is 2.59. The molecule has 1 aliphatic rings. The van der Waals surface area contributed by atoms with Gasteiger partial charge in [-0.25, -0.2) is 4.39 Å². The van der Waals surface area contributed by atoms with Gasteiger partial charge in [-0.05, 0) is 36.6 Å². The van der Waals surface area contributed by atoms with E-state index in [0.29, 0.717) is 17.9 Å². The van der Waals surface area contributed by atoms with Crippen molar-refractivity contribution in [3.8, 4) is 16.9 Å². The van der Waals surface area contributed by atoms with Crippen LogP contribution in [0.5, 0.6) is 5.75 Å². The zero-order valence-electron chi connectivity index (χ0n) is 11.0. The number of hydrogen-bond donors (Lipinski definition) is 0. The van der Waals surface area contributed by atoms with Crippen LogP contribution in [0.3, 0.4) is 0 Å². The van der Waals surface area contributed by atoms with Gasteiger partial charge < -0.3 is 4.74 Å². The Hall–Kier alpha value is -2.04. The predicted octanol–water partition coefficient (Wildman–Crippen LogP) is 4.84. The summed E-state index contributed by atoms with van der Waals surface area (Å²) in [5, 5.41) is 0. The Bertz CT molecular complexity index is 676. The molecule has 0 N–H and O–H groups in total. The summed E-state index contributed by atoms with van der Waals surface area (Å²) in [5.41, 5.74) is 0.114. The van der Waals surface area contributed by atoms with Gasteiger partial charge in [-0.1, -0.05) is 18.2 Å². The van der Waals surface area contributed by atoms with Crippen molar-refractivity contribution in [1.82, 2.24) is 0 Å². The first-order valence-corrected chi connectivity index (χ1v) is 6.58. The molecule has 0 bridgehead atoms. The molecule has 0 saturated heterocycles. The van der Waals surface area contributed by atoms with Crippen LogP contribution in [0.4, 0.5) is 17.6 Å². The molecule has 0 fully saturated rings. The summed E-state index contributed by atoms with van der Waals surface area (Å²) in [6.07, 6.45) is -2.97. The van der Waals surface area contributed by atoms with E-state index in [9.17, 15) is 17.6 Å². The van der Waals surface area contributed by atoms with Gasteiger partial charge in [0.25, 0.3) is 0 Å². The van der Waals surface area contributed by atoms with E-state index in [2.05, 4.69) is 0 Å². The Morgan fingerprint density at radius 3 is 2.57 bits per heavy atom. The smallest absolute Gasteiger partial charge is 0.417 e. The number of rotatable bonds is 1. The number of benzene rings is 2. The fraction of sp³-hybridized carbons (Fsp3) is 0.250. The number of fused-ring (bicyclic) bond motifs is 1. The molecule has 0 saturated carbocycles. The van der Waals surface area contributed by atoms with Crippen LogP contribution < -0.4 is 4.74 Å². The van der Waals surface area contributed by atoms with E-state index in [1.54, 1.807) is 6.07 Å². The zero-order valence-corrected chi connectivity index (χ0v) is 11.0. The first-order chi connectivity index (χ1) is 9.97. The third-order valence-corrected chi connectivity index (χ3v) is 3.51. The lowest BCUT2D eigenvalue weighted by Gasteiger charge is -2.22. The van der Waals surface area contributed by atoms with Crippen LogP contribution in [-0.2, 0) is 12.6 Å². The first-order valence-electron chi connectivity index (χ1n) is 6.58. The third-order valence-electron chi connectivity index (χ3n) is 3.51. The monoisotopic (exact) mass is 296 g/mol. The standard InChI is InChI=1S/C16H12F4O/c17-11-6-7-14(16(18,19)20)13(9-11)12-5-1-3-10-4-2-8-21-15(10)12/h1,3,5-7,9H,2,4,8H2. The summed E-state index contributed by atoms with van der Waals surface area (Å²) in [6, 6.07) is 7.54. The second kappa shape index (κ2) is 5.06. The molecule has 5 heteroatoms. The molecule has 0 amide bonds. The molecular formula is C16H12F4O. The Kier molecular flexibility index (Phi) is 3.35. The number of alkyl halides is 3. The molecule has 3 rings (SSSR count). The summed E-state index contributed by atoms with van der Waals surface area (Å²) in [5.74, 6) is -0.272. The van der Waals surface area contributed by atoms with Crippen molar-refractivity contribution in [3.63, 3.8) is 0 Å². The SMILES string of the molecule is Fc1ccc(C(F)(F)F)c(-c2cccc3c2OCCC3)c1. The molecule has 110 valence electrons.